The lowest BCUT2D eigenvalue weighted by Gasteiger charge is -2.23. The van der Waals surface area contributed by atoms with E-state index in [4.69, 9.17) is 4.74 Å². The van der Waals surface area contributed by atoms with Crippen molar-refractivity contribution in [3.05, 3.63) is 29.8 Å². The lowest BCUT2D eigenvalue weighted by Crippen LogP contribution is -2.26. The maximum absolute atomic E-state index is 11.7. The van der Waals surface area contributed by atoms with E-state index in [1.54, 1.807) is 13.0 Å². The van der Waals surface area contributed by atoms with Crippen LogP contribution in [0.1, 0.15) is 30.1 Å². The first-order valence-electron chi connectivity index (χ1n) is 4.99. The summed E-state index contributed by atoms with van der Waals surface area (Å²) >= 11 is 0. The minimum absolute atomic E-state index is 0.0835. The second-order valence-electron chi connectivity index (χ2n) is 3.49. The van der Waals surface area contributed by atoms with Crippen molar-refractivity contribution in [2.24, 2.45) is 0 Å². The van der Waals surface area contributed by atoms with Gasteiger partial charge in [0.1, 0.15) is 11.9 Å². The number of fused-ring (bicyclic) bond motifs is 1. The van der Waals surface area contributed by atoms with Crippen LogP contribution in [0.3, 0.4) is 0 Å². The Morgan fingerprint density at radius 3 is 3.07 bits per heavy atom. The number of hydrogen-bond donors (Lipinski definition) is 0. The van der Waals surface area contributed by atoms with Crippen LogP contribution in [0.25, 0.3) is 0 Å². The van der Waals surface area contributed by atoms with Crippen LogP contribution in [0.2, 0.25) is 0 Å². The summed E-state index contributed by atoms with van der Waals surface area (Å²) in [4.78, 5) is 11.7. The van der Waals surface area contributed by atoms with Gasteiger partial charge in [-0.3, -0.25) is 4.79 Å². The van der Waals surface area contributed by atoms with Crippen molar-refractivity contribution in [3.63, 3.8) is 0 Å². The Balaban J connectivity index is 2.21. The minimum Gasteiger partial charge on any atom is -0.488 e. The smallest absolute Gasteiger partial charge is 0.170 e. The van der Waals surface area contributed by atoms with Crippen LogP contribution in [0.4, 0.5) is 0 Å². The van der Waals surface area contributed by atoms with Crippen LogP contribution in [0.5, 0.6) is 5.75 Å². The molecule has 2 rings (SSSR count). The van der Waals surface area contributed by atoms with E-state index in [2.05, 4.69) is 11.8 Å². The molecule has 0 spiro atoms. The molecule has 1 aliphatic rings. The molecule has 0 aliphatic carbocycles. The highest BCUT2D eigenvalue weighted by atomic mass is 16.5. The Morgan fingerprint density at radius 1 is 1.47 bits per heavy atom. The van der Waals surface area contributed by atoms with Crippen LogP contribution < -0.4 is 4.74 Å². The molecule has 0 saturated heterocycles. The fraction of sp³-hybridized carbons (Fsp3) is 0.308. The molecule has 0 aromatic heterocycles. The summed E-state index contributed by atoms with van der Waals surface area (Å²) in [7, 11) is 0. The number of ketones is 1. The third-order valence-corrected chi connectivity index (χ3v) is 2.40. The lowest BCUT2D eigenvalue weighted by atomic mass is 9.99. The summed E-state index contributed by atoms with van der Waals surface area (Å²) < 4.78 is 5.68. The topological polar surface area (TPSA) is 26.3 Å². The maximum atomic E-state index is 11.7. The molecule has 2 heteroatoms. The first kappa shape index (κ1) is 9.79. The minimum atomic E-state index is -0.0835. The number of rotatable bonds is 1. The predicted molar refractivity (Wildman–Crippen MR) is 57.9 cm³/mol. The first-order valence-corrected chi connectivity index (χ1v) is 4.99. The fourth-order valence-corrected chi connectivity index (χ4v) is 1.67. The number of benzene rings is 1. The second-order valence-corrected chi connectivity index (χ2v) is 3.49. The molecular weight excluding hydrogens is 188 g/mol. The molecule has 1 atom stereocenters. The Bertz CT molecular complexity index is 437. The Hall–Kier alpha value is -1.75. The van der Waals surface area contributed by atoms with Crippen LogP contribution in [-0.2, 0) is 0 Å². The Morgan fingerprint density at radius 2 is 2.27 bits per heavy atom. The summed E-state index contributed by atoms with van der Waals surface area (Å²) in [5.41, 5.74) is 0.693. The number of Topliss-reactive ketones (excluding diaryl/α,β-unsaturated/α-hetero) is 1. The molecule has 1 aliphatic heterocycles. The summed E-state index contributed by atoms with van der Waals surface area (Å²) in [5.74, 6) is 6.60. The summed E-state index contributed by atoms with van der Waals surface area (Å²) in [6.45, 7) is 1.79. The molecule has 1 aromatic carbocycles. The van der Waals surface area contributed by atoms with Gasteiger partial charge in [-0.15, -0.1) is 5.92 Å². The third-order valence-electron chi connectivity index (χ3n) is 2.40. The van der Waals surface area contributed by atoms with Crippen molar-refractivity contribution in [1.82, 2.24) is 0 Å². The SMILES string of the molecule is CC#CCC1CC(=O)c2ccccc2O1. The number of ether oxygens (including phenoxy) is 1. The summed E-state index contributed by atoms with van der Waals surface area (Å²) in [6.07, 6.45) is 0.974. The van der Waals surface area contributed by atoms with Crippen molar-refractivity contribution in [2.75, 3.05) is 0 Å². The van der Waals surface area contributed by atoms with Gasteiger partial charge in [-0.05, 0) is 19.1 Å². The molecule has 76 valence electrons. The van der Waals surface area contributed by atoms with Gasteiger partial charge < -0.3 is 4.74 Å². The lowest BCUT2D eigenvalue weighted by molar-refractivity contribution is 0.0856. The van der Waals surface area contributed by atoms with Gasteiger partial charge in [0.25, 0.3) is 0 Å². The van der Waals surface area contributed by atoms with Gasteiger partial charge in [-0.25, -0.2) is 0 Å². The van der Waals surface area contributed by atoms with Gasteiger partial charge >= 0.3 is 0 Å². The van der Waals surface area contributed by atoms with E-state index < -0.39 is 0 Å². The van der Waals surface area contributed by atoms with Gasteiger partial charge in [-0.1, -0.05) is 18.1 Å². The van der Waals surface area contributed by atoms with Crippen LogP contribution in [0, 0.1) is 11.8 Å². The second kappa shape index (κ2) is 4.18. The molecule has 0 amide bonds. The normalized spacial score (nSPS) is 18.5. The van der Waals surface area contributed by atoms with E-state index in [1.165, 1.54) is 0 Å². The standard InChI is InChI=1S/C13H12O2/c1-2-3-6-10-9-12(14)11-7-4-5-8-13(11)15-10/h4-5,7-8,10H,6,9H2,1H3. The van der Waals surface area contributed by atoms with Gasteiger partial charge in [0.15, 0.2) is 5.78 Å². The third kappa shape index (κ3) is 2.02. The molecule has 1 unspecified atom stereocenters. The number of carbonyl (C=O) groups excluding carboxylic acids is 1. The zero-order valence-corrected chi connectivity index (χ0v) is 8.62. The zero-order valence-electron chi connectivity index (χ0n) is 8.62. The van der Waals surface area contributed by atoms with Crippen LogP contribution in [0.15, 0.2) is 24.3 Å². The molecule has 0 N–H and O–H groups in total. The molecule has 0 radical (unpaired) electrons. The van der Waals surface area contributed by atoms with Crippen molar-refractivity contribution in [3.8, 4) is 17.6 Å². The van der Waals surface area contributed by atoms with E-state index in [0.717, 1.165) is 0 Å². The molecule has 1 heterocycles. The average Bonchev–Trinajstić information content (AvgIpc) is 2.26. The molecule has 0 saturated carbocycles. The molecule has 15 heavy (non-hydrogen) atoms. The van der Waals surface area contributed by atoms with Crippen LogP contribution in [-0.4, -0.2) is 11.9 Å². The molecule has 0 fully saturated rings. The van der Waals surface area contributed by atoms with Gasteiger partial charge in [0.2, 0.25) is 0 Å². The Kier molecular flexibility index (Phi) is 2.73. The molecule has 1 aromatic rings. The monoisotopic (exact) mass is 200 g/mol. The number of hydrogen-bond acceptors (Lipinski definition) is 2. The van der Waals surface area contributed by atoms with Gasteiger partial charge in [-0.2, -0.15) is 0 Å². The van der Waals surface area contributed by atoms with Gasteiger partial charge in [0.05, 0.1) is 5.56 Å². The quantitative estimate of drug-likeness (QED) is 0.651. The highest BCUT2D eigenvalue weighted by Crippen LogP contribution is 2.27. The predicted octanol–water partition coefficient (Wildman–Crippen LogP) is 2.43. The maximum Gasteiger partial charge on any atom is 0.170 e. The van der Waals surface area contributed by atoms with E-state index in [9.17, 15) is 4.79 Å². The summed E-state index contributed by atoms with van der Waals surface area (Å²) in [6, 6.07) is 7.37. The summed E-state index contributed by atoms with van der Waals surface area (Å²) in [5, 5.41) is 0. The van der Waals surface area contributed by atoms with E-state index in [1.807, 2.05) is 18.2 Å². The van der Waals surface area contributed by atoms with Crippen molar-refractivity contribution < 1.29 is 9.53 Å². The van der Waals surface area contributed by atoms with Crippen molar-refractivity contribution >= 4 is 5.78 Å². The largest absolute Gasteiger partial charge is 0.488 e. The number of carbonyl (C=O) groups is 1. The van der Waals surface area contributed by atoms with E-state index in [-0.39, 0.29) is 11.9 Å². The average molecular weight is 200 g/mol. The van der Waals surface area contributed by atoms with E-state index >= 15 is 0 Å². The molecular formula is C13H12O2. The molecule has 0 bridgehead atoms. The fourth-order valence-electron chi connectivity index (χ4n) is 1.67. The first-order chi connectivity index (χ1) is 7.31. The highest BCUT2D eigenvalue weighted by Gasteiger charge is 2.24. The van der Waals surface area contributed by atoms with E-state index in [0.29, 0.717) is 24.2 Å². The number of para-hydroxylation sites is 1. The van der Waals surface area contributed by atoms with Crippen molar-refractivity contribution in [1.29, 1.82) is 0 Å². The zero-order chi connectivity index (χ0) is 10.7. The van der Waals surface area contributed by atoms with Gasteiger partial charge in [0, 0.05) is 12.8 Å². The van der Waals surface area contributed by atoms with Crippen LogP contribution >= 0.6 is 0 Å². The van der Waals surface area contributed by atoms with Crippen molar-refractivity contribution in [2.45, 2.75) is 25.9 Å². The molecule has 2 nitrogen and oxygen atoms in total. The Labute approximate surface area is 89.3 Å². The highest BCUT2D eigenvalue weighted by molar-refractivity contribution is 5.99.